The third kappa shape index (κ3) is 4.50. The van der Waals surface area contributed by atoms with Crippen molar-refractivity contribution in [2.45, 2.75) is 11.1 Å². The summed E-state index contributed by atoms with van der Waals surface area (Å²) in [7, 11) is -2.61. The van der Waals surface area contributed by atoms with Crippen LogP contribution in [0, 0.1) is 6.92 Å². The van der Waals surface area contributed by atoms with Crippen molar-refractivity contribution in [1.29, 1.82) is 0 Å². The molecule has 0 fully saturated rings. The smallest absolute Gasteiger partial charge is 0.322 e. The van der Waals surface area contributed by atoms with Crippen LogP contribution in [0.15, 0.2) is 40.6 Å². The Bertz CT molecular complexity index is 1250. The summed E-state index contributed by atoms with van der Waals surface area (Å²) < 4.78 is 34.6. The van der Waals surface area contributed by atoms with E-state index in [0.29, 0.717) is 10.6 Å². The van der Waals surface area contributed by atoms with Gasteiger partial charge in [0, 0.05) is 15.3 Å². The van der Waals surface area contributed by atoms with Crippen molar-refractivity contribution >= 4 is 60.6 Å². The topological polar surface area (TPSA) is 122 Å². The number of thiophene rings is 1. The zero-order valence-corrected chi connectivity index (χ0v) is 18.2. The molecule has 158 valence electrons. The molecule has 1 amide bonds. The minimum Gasteiger partial charge on any atom is -0.495 e. The summed E-state index contributed by atoms with van der Waals surface area (Å²) in [4.78, 5) is 22.6. The van der Waals surface area contributed by atoms with Crippen LogP contribution in [-0.4, -0.2) is 39.1 Å². The minimum atomic E-state index is -3.94. The average Bonchev–Trinajstić information content (AvgIpc) is 3.03. The number of carbonyl (C=O) groups is 2. The van der Waals surface area contributed by atoms with Gasteiger partial charge in [-0.1, -0.05) is 11.6 Å². The van der Waals surface area contributed by atoms with Gasteiger partial charge in [-0.05, 0) is 54.3 Å². The van der Waals surface area contributed by atoms with Crippen molar-refractivity contribution in [2.75, 3.05) is 18.4 Å². The molecule has 0 unspecified atom stereocenters. The van der Waals surface area contributed by atoms with E-state index in [1.165, 1.54) is 25.3 Å². The molecular formula is C19H17ClN2O6S2. The highest BCUT2D eigenvalue weighted by molar-refractivity contribution is 7.95. The lowest BCUT2D eigenvalue weighted by Crippen LogP contribution is -2.29. The number of anilines is 1. The number of halogens is 1. The number of aryl methyl sites for hydroxylation is 1. The molecule has 0 spiro atoms. The van der Waals surface area contributed by atoms with Gasteiger partial charge in [-0.15, -0.1) is 11.3 Å². The van der Waals surface area contributed by atoms with E-state index in [9.17, 15) is 18.0 Å². The second-order valence-corrected chi connectivity index (χ2v) is 9.62. The monoisotopic (exact) mass is 468 g/mol. The van der Waals surface area contributed by atoms with Gasteiger partial charge in [0.05, 0.1) is 12.8 Å². The molecule has 0 atom stereocenters. The van der Waals surface area contributed by atoms with Crippen LogP contribution in [0.4, 0.5) is 5.69 Å². The fourth-order valence-electron chi connectivity index (χ4n) is 2.79. The second kappa shape index (κ2) is 8.50. The average molecular weight is 469 g/mol. The maximum atomic E-state index is 13.0. The molecule has 0 bridgehead atoms. The summed E-state index contributed by atoms with van der Waals surface area (Å²) in [5.74, 6) is -1.69. The molecule has 0 aliphatic carbocycles. The molecule has 0 saturated carbocycles. The van der Waals surface area contributed by atoms with Gasteiger partial charge in [-0.25, -0.2) is 8.42 Å². The zero-order valence-electron chi connectivity index (χ0n) is 15.9. The summed E-state index contributed by atoms with van der Waals surface area (Å²) in [5, 5.41) is 12.2. The van der Waals surface area contributed by atoms with Gasteiger partial charge in [0.2, 0.25) is 0 Å². The molecule has 2 aromatic carbocycles. The van der Waals surface area contributed by atoms with E-state index >= 15 is 0 Å². The fourth-order valence-corrected chi connectivity index (χ4v) is 5.78. The lowest BCUT2D eigenvalue weighted by atomic mass is 10.2. The van der Waals surface area contributed by atoms with E-state index in [1.54, 1.807) is 25.1 Å². The molecule has 11 heteroatoms. The van der Waals surface area contributed by atoms with Gasteiger partial charge in [0.1, 0.15) is 16.5 Å². The molecule has 30 heavy (non-hydrogen) atoms. The number of hydrogen-bond donors (Lipinski definition) is 3. The third-order valence-electron chi connectivity index (χ3n) is 4.21. The zero-order chi connectivity index (χ0) is 22.1. The molecule has 1 aromatic heterocycles. The molecule has 0 aliphatic heterocycles. The van der Waals surface area contributed by atoms with E-state index in [4.69, 9.17) is 21.4 Å². The molecule has 3 aromatic rings. The van der Waals surface area contributed by atoms with Crippen LogP contribution in [0.3, 0.4) is 0 Å². The van der Waals surface area contributed by atoms with E-state index in [-0.39, 0.29) is 21.2 Å². The Morgan fingerprint density at radius 2 is 1.93 bits per heavy atom. The number of fused-ring (bicyclic) bond motifs is 1. The maximum Gasteiger partial charge on any atom is 0.322 e. The summed E-state index contributed by atoms with van der Waals surface area (Å²) in [5.41, 5.74) is 0.847. The Labute approximate surface area is 181 Å². The number of sulfonamides is 1. The van der Waals surface area contributed by atoms with Crippen LogP contribution in [0.25, 0.3) is 10.1 Å². The molecule has 8 nitrogen and oxygen atoms in total. The standard InChI is InChI=1S/C19H17ClN2O6S2/c1-10-13-8-12(20)4-6-16(13)29-19(10)30(26,27)22-14-5-3-11(7-15(14)28-2)18(25)21-9-17(23)24/h3-8,22H,9H2,1-2H3,(H,21,25)(H,23,24). The first kappa shape index (κ1) is 21.9. The number of ether oxygens (including phenoxy) is 1. The summed E-state index contributed by atoms with van der Waals surface area (Å²) in [6.45, 7) is 1.17. The van der Waals surface area contributed by atoms with Crippen LogP contribution in [0.1, 0.15) is 15.9 Å². The molecule has 3 rings (SSSR count). The van der Waals surface area contributed by atoms with Crippen molar-refractivity contribution in [3.63, 3.8) is 0 Å². The summed E-state index contributed by atoms with van der Waals surface area (Å²) >= 11 is 7.14. The molecule has 0 aliphatic rings. The number of nitrogens with one attached hydrogen (secondary N) is 2. The van der Waals surface area contributed by atoms with Crippen LogP contribution < -0.4 is 14.8 Å². The first-order chi connectivity index (χ1) is 14.1. The number of carboxylic acid groups (broad SMARTS) is 1. The maximum absolute atomic E-state index is 13.0. The second-order valence-electron chi connectivity index (χ2n) is 6.25. The molecule has 1 heterocycles. The number of carbonyl (C=O) groups excluding carboxylic acids is 1. The normalized spacial score (nSPS) is 11.3. The third-order valence-corrected chi connectivity index (χ3v) is 7.70. The first-order valence-corrected chi connectivity index (χ1v) is 11.2. The van der Waals surface area contributed by atoms with E-state index in [0.717, 1.165) is 21.4 Å². The fraction of sp³-hybridized carbons (Fsp3) is 0.158. The SMILES string of the molecule is COc1cc(C(=O)NCC(=O)O)ccc1NS(=O)(=O)c1sc2ccc(Cl)cc2c1C. The number of carboxylic acids is 1. The predicted octanol–water partition coefficient (Wildman–Crippen LogP) is 3.49. The van der Waals surface area contributed by atoms with Crippen LogP contribution in [0.5, 0.6) is 5.75 Å². The van der Waals surface area contributed by atoms with Gasteiger partial charge in [0.15, 0.2) is 0 Å². The van der Waals surface area contributed by atoms with Crippen molar-refractivity contribution in [2.24, 2.45) is 0 Å². The van der Waals surface area contributed by atoms with Crippen molar-refractivity contribution in [1.82, 2.24) is 5.32 Å². The lowest BCUT2D eigenvalue weighted by molar-refractivity contribution is -0.135. The van der Waals surface area contributed by atoms with Gasteiger partial charge in [-0.3, -0.25) is 14.3 Å². The van der Waals surface area contributed by atoms with Crippen molar-refractivity contribution < 1.29 is 27.9 Å². The largest absolute Gasteiger partial charge is 0.495 e. The molecule has 3 N–H and O–H groups in total. The van der Waals surface area contributed by atoms with Crippen LogP contribution in [0.2, 0.25) is 5.02 Å². The Kier molecular flexibility index (Phi) is 6.20. The van der Waals surface area contributed by atoms with E-state index < -0.39 is 28.4 Å². The minimum absolute atomic E-state index is 0.114. The molecule has 0 radical (unpaired) electrons. The first-order valence-electron chi connectivity index (χ1n) is 8.52. The van der Waals surface area contributed by atoms with E-state index in [1.807, 2.05) is 0 Å². The lowest BCUT2D eigenvalue weighted by Gasteiger charge is -2.13. The van der Waals surface area contributed by atoms with Crippen molar-refractivity contribution in [3.05, 3.63) is 52.5 Å². The van der Waals surface area contributed by atoms with Gasteiger partial charge in [0.25, 0.3) is 15.9 Å². The number of amides is 1. The highest BCUT2D eigenvalue weighted by atomic mass is 35.5. The van der Waals surface area contributed by atoms with Crippen LogP contribution in [-0.2, 0) is 14.8 Å². The highest BCUT2D eigenvalue weighted by Crippen LogP contribution is 2.37. The van der Waals surface area contributed by atoms with Gasteiger partial charge in [-0.2, -0.15) is 0 Å². The number of benzene rings is 2. The van der Waals surface area contributed by atoms with Gasteiger partial charge < -0.3 is 15.2 Å². The Balaban J connectivity index is 1.92. The van der Waals surface area contributed by atoms with E-state index in [2.05, 4.69) is 10.0 Å². The summed E-state index contributed by atoms with van der Waals surface area (Å²) in [6.07, 6.45) is 0. The Morgan fingerprint density at radius 1 is 1.20 bits per heavy atom. The number of hydrogen-bond acceptors (Lipinski definition) is 6. The van der Waals surface area contributed by atoms with Crippen LogP contribution >= 0.6 is 22.9 Å². The number of rotatable bonds is 7. The quantitative estimate of drug-likeness (QED) is 0.488. The Morgan fingerprint density at radius 3 is 2.60 bits per heavy atom. The summed E-state index contributed by atoms with van der Waals surface area (Å²) in [6, 6.07) is 9.25. The highest BCUT2D eigenvalue weighted by Gasteiger charge is 2.24. The molecular weight excluding hydrogens is 452 g/mol. The molecule has 0 saturated heterocycles. The number of methoxy groups -OCH3 is 1. The Hall–Kier alpha value is -2.82. The van der Waals surface area contributed by atoms with Crippen molar-refractivity contribution in [3.8, 4) is 5.75 Å². The number of aliphatic carboxylic acids is 1. The van der Waals surface area contributed by atoms with Gasteiger partial charge >= 0.3 is 5.97 Å². The predicted molar refractivity (Wildman–Crippen MR) is 115 cm³/mol.